The number of hydrogen-bond donors (Lipinski definition) is 1. The van der Waals surface area contributed by atoms with Crippen molar-refractivity contribution in [3.63, 3.8) is 0 Å². The summed E-state index contributed by atoms with van der Waals surface area (Å²) in [7, 11) is 0. The van der Waals surface area contributed by atoms with Crippen LogP contribution in [-0.4, -0.2) is 11.3 Å². The maximum absolute atomic E-state index is 5.53. The first-order chi connectivity index (χ1) is 6.75. The van der Waals surface area contributed by atoms with E-state index in [1.165, 1.54) is 19.3 Å². The Hall–Kier alpha value is -0.570. The second-order valence-electron chi connectivity index (χ2n) is 4.78. The summed E-state index contributed by atoms with van der Waals surface area (Å²) in [5.41, 5.74) is 5.43. The molecule has 0 heterocycles. The average Bonchev–Trinajstić information content (AvgIpc) is 2.68. The highest BCUT2D eigenvalue weighted by molar-refractivity contribution is 7.80. The fourth-order valence-electron chi connectivity index (χ4n) is 3.77. The summed E-state index contributed by atoms with van der Waals surface area (Å²) in [5, 5.41) is 0.223. The Bertz CT molecular complexity index is 302. The second kappa shape index (κ2) is 2.96. The Balaban J connectivity index is 1.76. The Labute approximate surface area is 89.5 Å². The van der Waals surface area contributed by atoms with Gasteiger partial charge in [-0.1, -0.05) is 12.2 Å². The Morgan fingerprint density at radius 3 is 3.00 bits per heavy atom. The monoisotopic (exact) mass is 209 g/mol. The molecule has 0 aromatic heterocycles. The Morgan fingerprint density at radius 1 is 1.36 bits per heavy atom. The number of allylic oxidation sites excluding steroid dienone is 2. The van der Waals surface area contributed by atoms with Gasteiger partial charge >= 0.3 is 0 Å². The minimum atomic E-state index is 0.223. The number of fused-ring (bicyclic) bond motifs is 5. The molecule has 0 aromatic rings. The normalized spacial score (nSPS) is 48.1. The lowest BCUT2D eigenvalue weighted by atomic mass is 9.80. The van der Waals surface area contributed by atoms with Crippen LogP contribution in [0.15, 0.2) is 12.2 Å². The second-order valence-corrected chi connectivity index (χ2v) is 5.18. The van der Waals surface area contributed by atoms with Crippen molar-refractivity contribution in [3.05, 3.63) is 12.2 Å². The molecule has 0 aliphatic heterocycles. The van der Waals surface area contributed by atoms with Gasteiger partial charge in [0.2, 0.25) is 0 Å². The highest BCUT2D eigenvalue weighted by Crippen LogP contribution is 2.57. The van der Waals surface area contributed by atoms with E-state index in [0.717, 1.165) is 17.8 Å². The fraction of sp³-hybridized carbons (Fsp3) is 0.727. The van der Waals surface area contributed by atoms with Crippen molar-refractivity contribution in [1.29, 1.82) is 0 Å². The van der Waals surface area contributed by atoms with Crippen LogP contribution in [0, 0.1) is 23.7 Å². The molecule has 0 saturated heterocycles. The van der Waals surface area contributed by atoms with Crippen LogP contribution in [0.25, 0.3) is 0 Å². The number of ether oxygens (including phenoxy) is 1. The predicted octanol–water partition coefficient (Wildman–Crippen LogP) is 1.85. The summed E-state index contributed by atoms with van der Waals surface area (Å²) in [6.45, 7) is 0. The lowest BCUT2D eigenvalue weighted by Gasteiger charge is -2.30. The van der Waals surface area contributed by atoms with Gasteiger partial charge in [0.25, 0.3) is 5.17 Å². The summed E-state index contributed by atoms with van der Waals surface area (Å²) in [4.78, 5) is 0. The molecule has 2 N–H and O–H groups in total. The number of rotatable bonds is 1. The third kappa shape index (κ3) is 1.11. The topological polar surface area (TPSA) is 35.2 Å². The van der Waals surface area contributed by atoms with Crippen molar-refractivity contribution in [1.82, 2.24) is 0 Å². The molecule has 0 amide bonds. The van der Waals surface area contributed by atoms with Crippen molar-refractivity contribution >= 4 is 17.4 Å². The molecule has 76 valence electrons. The molecule has 3 aliphatic rings. The van der Waals surface area contributed by atoms with Crippen LogP contribution in [0.1, 0.15) is 19.3 Å². The quantitative estimate of drug-likeness (QED) is 0.529. The molecule has 2 saturated carbocycles. The Morgan fingerprint density at radius 2 is 2.21 bits per heavy atom. The van der Waals surface area contributed by atoms with Crippen molar-refractivity contribution < 1.29 is 4.74 Å². The molecule has 14 heavy (non-hydrogen) atoms. The van der Waals surface area contributed by atoms with Crippen molar-refractivity contribution in [2.75, 3.05) is 0 Å². The minimum absolute atomic E-state index is 0.223. The van der Waals surface area contributed by atoms with Crippen LogP contribution < -0.4 is 5.73 Å². The van der Waals surface area contributed by atoms with Crippen LogP contribution in [-0.2, 0) is 4.74 Å². The number of hydrogen-bond acceptors (Lipinski definition) is 2. The van der Waals surface area contributed by atoms with Gasteiger partial charge in [-0.25, -0.2) is 0 Å². The van der Waals surface area contributed by atoms with Gasteiger partial charge in [-0.05, 0) is 49.2 Å². The fourth-order valence-corrected chi connectivity index (χ4v) is 3.89. The Kier molecular flexibility index (Phi) is 1.84. The van der Waals surface area contributed by atoms with Gasteiger partial charge in [0, 0.05) is 5.92 Å². The number of nitrogens with two attached hydrogens (primary N) is 1. The van der Waals surface area contributed by atoms with E-state index in [9.17, 15) is 0 Å². The zero-order valence-corrected chi connectivity index (χ0v) is 8.87. The van der Waals surface area contributed by atoms with Crippen LogP contribution in [0.5, 0.6) is 0 Å². The van der Waals surface area contributed by atoms with Gasteiger partial charge in [0.1, 0.15) is 6.10 Å². The van der Waals surface area contributed by atoms with Crippen LogP contribution in [0.2, 0.25) is 0 Å². The lowest BCUT2D eigenvalue weighted by molar-refractivity contribution is 0.0873. The zero-order valence-electron chi connectivity index (χ0n) is 8.06. The molecule has 3 rings (SSSR count). The van der Waals surface area contributed by atoms with Crippen LogP contribution in [0.3, 0.4) is 0 Å². The molecule has 3 heteroatoms. The van der Waals surface area contributed by atoms with E-state index >= 15 is 0 Å². The molecule has 5 unspecified atom stereocenters. The van der Waals surface area contributed by atoms with Gasteiger partial charge in [-0.3, -0.25) is 0 Å². The van der Waals surface area contributed by atoms with Gasteiger partial charge in [-0.15, -0.1) is 0 Å². The predicted molar refractivity (Wildman–Crippen MR) is 58.6 cm³/mol. The first-order valence-electron chi connectivity index (χ1n) is 5.38. The number of thiocarbonyl (C=S) groups is 1. The van der Waals surface area contributed by atoms with Gasteiger partial charge in [0.05, 0.1) is 0 Å². The van der Waals surface area contributed by atoms with Gasteiger partial charge < -0.3 is 10.5 Å². The molecule has 2 nitrogen and oxygen atoms in total. The largest absolute Gasteiger partial charge is 0.468 e. The average molecular weight is 209 g/mol. The van der Waals surface area contributed by atoms with E-state index in [1.54, 1.807) is 0 Å². The molecular weight excluding hydrogens is 194 g/mol. The van der Waals surface area contributed by atoms with E-state index in [2.05, 4.69) is 12.2 Å². The first-order valence-corrected chi connectivity index (χ1v) is 5.79. The summed E-state index contributed by atoms with van der Waals surface area (Å²) >= 11 is 4.81. The molecule has 0 radical (unpaired) electrons. The molecule has 0 spiro atoms. The summed E-state index contributed by atoms with van der Waals surface area (Å²) in [6, 6.07) is 0. The van der Waals surface area contributed by atoms with Crippen molar-refractivity contribution in [2.45, 2.75) is 25.4 Å². The maximum Gasteiger partial charge on any atom is 0.254 e. The standard InChI is InChI=1S/C11H15NOS/c12-11(14)13-10-5-6-4-9(10)8-3-1-2-7(6)8/h1,3,6-10H,2,4-5H2,(H2,12,14). The SMILES string of the molecule is NC(=S)OC1CC2CC1C1C=CCC21. The molecular formula is C11H15NOS. The minimum Gasteiger partial charge on any atom is -0.468 e. The molecule has 0 aromatic carbocycles. The molecule has 2 bridgehead atoms. The van der Waals surface area contributed by atoms with Crippen LogP contribution >= 0.6 is 12.2 Å². The molecule has 3 aliphatic carbocycles. The summed E-state index contributed by atoms with van der Waals surface area (Å²) in [5.74, 6) is 3.21. The smallest absolute Gasteiger partial charge is 0.254 e. The van der Waals surface area contributed by atoms with E-state index in [1.807, 2.05) is 0 Å². The third-order valence-corrected chi connectivity index (χ3v) is 4.31. The van der Waals surface area contributed by atoms with Crippen molar-refractivity contribution in [2.24, 2.45) is 29.4 Å². The molecule has 2 fully saturated rings. The van der Waals surface area contributed by atoms with Crippen LogP contribution in [0.4, 0.5) is 0 Å². The van der Waals surface area contributed by atoms with E-state index in [4.69, 9.17) is 22.7 Å². The van der Waals surface area contributed by atoms with Gasteiger partial charge in [-0.2, -0.15) is 0 Å². The summed E-state index contributed by atoms with van der Waals surface area (Å²) in [6.07, 6.45) is 8.80. The maximum atomic E-state index is 5.53. The summed E-state index contributed by atoms with van der Waals surface area (Å²) < 4.78 is 5.53. The lowest BCUT2D eigenvalue weighted by Crippen LogP contribution is -2.33. The van der Waals surface area contributed by atoms with Crippen molar-refractivity contribution in [3.8, 4) is 0 Å². The highest BCUT2D eigenvalue weighted by atomic mass is 32.1. The zero-order chi connectivity index (χ0) is 9.71. The van der Waals surface area contributed by atoms with E-state index < -0.39 is 0 Å². The van der Waals surface area contributed by atoms with E-state index in [0.29, 0.717) is 12.0 Å². The first kappa shape index (κ1) is 8.72. The molecule has 5 atom stereocenters. The van der Waals surface area contributed by atoms with Gasteiger partial charge in [0.15, 0.2) is 0 Å². The third-order valence-electron chi connectivity index (χ3n) is 4.22. The highest BCUT2D eigenvalue weighted by Gasteiger charge is 2.53. The van der Waals surface area contributed by atoms with E-state index in [-0.39, 0.29) is 5.17 Å².